The number of sulfonamides is 1. The molecule has 0 aliphatic heterocycles. The molecule has 42 heavy (non-hydrogen) atoms. The number of rotatable bonds is 14. The Hall–Kier alpha value is -3.27. The van der Waals surface area contributed by atoms with Crippen LogP contribution in [-0.4, -0.2) is 57.1 Å². The normalized spacial score (nSPS) is 12.1. The molecule has 1 N–H and O–H groups in total. The topological polar surface area (TPSA) is 96.0 Å². The average Bonchev–Trinajstić information content (AvgIpc) is 2.94. The highest BCUT2D eigenvalue weighted by Gasteiger charge is 2.33. The van der Waals surface area contributed by atoms with Gasteiger partial charge in [-0.15, -0.1) is 0 Å². The minimum Gasteiger partial charge on any atom is -0.494 e. The van der Waals surface area contributed by atoms with Gasteiger partial charge in [0.25, 0.3) is 0 Å². The molecule has 0 unspecified atom stereocenters. The fourth-order valence-electron chi connectivity index (χ4n) is 4.30. The monoisotopic (exact) mass is 633 g/mol. The molecule has 11 heteroatoms. The molecule has 3 aromatic carbocycles. The molecular weight excluding hydrogens is 597 g/mol. The van der Waals surface area contributed by atoms with E-state index in [-0.39, 0.29) is 24.8 Å². The average molecular weight is 635 g/mol. The number of hydrogen-bond donors (Lipinski definition) is 1. The molecule has 0 spiro atoms. The van der Waals surface area contributed by atoms with E-state index in [0.717, 1.165) is 16.1 Å². The smallest absolute Gasteiger partial charge is 0.244 e. The second-order valence-electron chi connectivity index (χ2n) is 10.3. The van der Waals surface area contributed by atoms with E-state index < -0.39 is 28.5 Å². The summed E-state index contributed by atoms with van der Waals surface area (Å²) in [5, 5.41) is 3.70. The van der Waals surface area contributed by atoms with Gasteiger partial charge in [0.05, 0.1) is 18.6 Å². The summed E-state index contributed by atoms with van der Waals surface area (Å²) in [7, 11) is -3.88. The van der Waals surface area contributed by atoms with Crippen molar-refractivity contribution in [1.29, 1.82) is 0 Å². The van der Waals surface area contributed by atoms with E-state index in [1.54, 1.807) is 42.5 Å². The lowest BCUT2D eigenvalue weighted by Gasteiger charge is -2.34. The number of carbonyl (C=O) groups excluding carboxylic acids is 2. The molecule has 1 atom stereocenters. The van der Waals surface area contributed by atoms with Gasteiger partial charge in [-0.2, -0.15) is 0 Å². The predicted octanol–water partition coefficient (Wildman–Crippen LogP) is 5.57. The molecule has 0 aromatic heterocycles. The predicted molar refractivity (Wildman–Crippen MR) is 169 cm³/mol. The van der Waals surface area contributed by atoms with Gasteiger partial charge in [0.2, 0.25) is 21.8 Å². The van der Waals surface area contributed by atoms with Crippen LogP contribution in [0.3, 0.4) is 0 Å². The van der Waals surface area contributed by atoms with Crippen molar-refractivity contribution < 1.29 is 22.7 Å². The number of hydrogen-bond acceptors (Lipinski definition) is 5. The van der Waals surface area contributed by atoms with E-state index in [1.165, 1.54) is 4.90 Å². The molecule has 0 saturated heterocycles. The molecular formula is C31H37Cl2N3O5S. The summed E-state index contributed by atoms with van der Waals surface area (Å²) in [6.07, 6.45) is 1.25. The first-order valence-corrected chi connectivity index (χ1v) is 16.2. The van der Waals surface area contributed by atoms with Gasteiger partial charge in [-0.1, -0.05) is 73.4 Å². The van der Waals surface area contributed by atoms with Crippen LogP contribution in [0.25, 0.3) is 0 Å². The van der Waals surface area contributed by atoms with E-state index in [1.807, 2.05) is 51.1 Å². The quantitative estimate of drug-likeness (QED) is 0.250. The first kappa shape index (κ1) is 33.2. The standard InChI is InChI=1S/C31H37Cl2N3O5S/c1-5-41-27-15-13-26(14-16-27)36(42(4,39)40)21-30(37)35(20-24-11-12-25(32)18-28(24)33)29(31(38)34-19-22(2)3)17-23-9-7-6-8-10-23/h6-16,18,22,29H,5,17,19-21H2,1-4H3,(H,34,38)/t29-/m1/s1. The molecule has 226 valence electrons. The number of benzene rings is 3. The van der Waals surface area contributed by atoms with Gasteiger partial charge >= 0.3 is 0 Å². The molecule has 0 fully saturated rings. The molecule has 0 heterocycles. The molecule has 0 bridgehead atoms. The molecule has 0 radical (unpaired) electrons. The highest BCUT2D eigenvalue weighted by molar-refractivity contribution is 7.92. The van der Waals surface area contributed by atoms with E-state index in [0.29, 0.717) is 40.2 Å². The van der Waals surface area contributed by atoms with Crippen LogP contribution in [0.2, 0.25) is 10.0 Å². The third-order valence-electron chi connectivity index (χ3n) is 6.43. The van der Waals surface area contributed by atoms with E-state index in [9.17, 15) is 18.0 Å². The lowest BCUT2D eigenvalue weighted by Crippen LogP contribution is -2.53. The number of nitrogens with zero attached hydrogens (tertiary/aromatic N) is 2. The second kappa shape index (κ2) is 15.3. The van der Waals surface area contributed by atoms with Gasteiger partial charge in [-0.3, -0.25) is 13.9 Å². The van der Waals surface area contributed by atoms with Gasteiger partial charge < -0.3 is 15.0 Å². The summed E-state index contributed by atoms with van der Waals surface area (Å²) in [6, 6.07) is 19.7. The second-order valence-corrected chi connectivity index (χ2v) is 13.0. The molecule has 8 nitrogen and oxygen atoms in total. The molecule has 3 aromatic rings. The van der Waals surface area contributed by atoms with Crippen molar-refractivity contribution >= 4 is 50.7 Å². The fraction of sp³-hybridized carbons (Fsp3) is 0.355. The lowest BCUT2D eigenvalue weighted by atomic mass is 10.0. The maximum atomic E-state index is 14.1. The zero-order valence-corrected chi connectivity index (χ0v) is 26.5. The number of ether oxygens (including phenoxy) is 1. The van der Waals surface area contributed by atoms with E-state index >= 15 is 0 Å². The summed E-state index contributed by atoms with van der Waals surface area (Å²) >= 11 is 12.6. The minimum absolute atomic E-state index is 0.0394. The largest absolute Gasteiger partial charge is 0.494 e. The van der Waals surface area contributed by atoms with Crippen molar-refractivity contribution in [3.8, 4) is 5.75 Å². The van der Waals surface area contributed by atoms with Crippen LogP contribution in [0.1, 0.15) is 31.9 Å². The van der Waals surface area contributed by atoms with Crippen LogP contribution in [0.15, 0.2) is 72.8 Å². The Bertz CT molecular complexity index is 1450. The number of amides is 2. The van der Waals surface area contributed by atoms with Crippen molar-refractivity contribution in [2.75, 3.05) is 30.3 Å². The van der Waals surface area contributed by atoms with Gasteiger partial charge in [0, 0.05) is 29.6 Å². The van der Waals surface area contributed by atoms with Crippen LogP contribution in [0.4, 0.5) is 5.69 Å². The number of carbonyl (C=O) groups is 2. The van der Waals surface area contributed by atoms with Gasteiger partial charge in [-0.05, 0) is 60.4 Å². The third-order valence-corrected chi connectivity index (χ3v) is 8.15. The Balaban J connectivity index is 2.05. The number of anilines is 1. The first-order chi connectivity index (χ1) is 19.9. The van der Waals surface area contributed by atoms with Crippen LogP contribution >= 0.6 is 23.2 Å². The highest BCUT2D eigenvalue weighted by Crippen LogP contribution is 2.26. The first-order valence-electron chi connectivity index (χ1n) is 13.6. The Labute approximate surface area is 258 Å². The summed E-state index contributed by atoms with van der Waals surface area (Å²) < 4.78 is 32.4. The summed E-state index contributed by atoms with van der Waals surface area (Å²) in [6.45, 7) is 6.10. The van der Waals surface area contributed by atoms with Crippen LogP contribution in [0.5, 0.6) is 5.75 Å². The molecule has 2 amide bonds. The maximum absolute atomic E-state index is 14.1. The van der Waals surface area contributed by atoms with Crippen molar-refractivity contribution in [2.45, 2.75) is 39.8 Å². The molecule has 0 saturated carbocycles. The summed E-state index contributed by atoms with van der Waals surface area (Å²) in [5.74, 6) is -0.162. The van der Waals surface area contributed by atoms with Crippen molar-refractivity contribution in [3.05, 3.63) is 94.0 Å². The molecule has 3 rings (SSSR count). The highest BCUT2D eigenvalue weighted by atomic mass is 35.5. The number of nitrogens with one attached hydrogen (secondary N) is 1. The summed E-state index contributed by atoms with van der Waals surface area (Å²) in [5.41, 5.74) is 1.70. The fourth-order valence-corrected chi connectivity index (χ4v) is 5.62. The third kappa shape index (κ3) is 9.64. The SMILES string of the molecule is CCOc1ccc(N(CC(=O)N(Cc2ccc(Cl)cc2Cl)[C@H](Cc2ccccc2)C(=O)NCC(C)C)S(C)(=O)=O)cc1. The van der Waals surface area contributed by atoms with Crippen LogP contribution in [0, 0.1) is 5.92 Å². The van der Waals surface area contributed by atoms with E-state index in [4.69, 9.17) is 27.9 Å². The van der Waals surface area contributed by atoms with Crippen LogP contribution in [-0.2, 0) is 32.6 Å². The zero-order valence-electron chi connectivity index (χ0n) is 24.2. The minimum atomic E-state index is -3.88. The maximum Gasteiger partial charge on any atom is 0.244 e. The van der Waals surface area contributed by atoms with Gasteiger partial charge in [0.1, 0.15) is 18.3 Å². The Morgan fingerprint density at radius 3 is 2.21 bits per heavy atom. The van der Waals surface area contributed by atoms with E-state index in [2.05, 4.69) is 5.32 Å². The Kier molecular flexibility index (Phi) is 12.1. The number of halogens is 2. The molecule has 0 aliphatic carbocycles. The van der Waals surface area contributed by atoms with Crippen molar-refractivity contribution in [3.63, 3.8) is 0 Å². The zero-order chi connectivity index (χ0) is 30.9. The lowest BCUT2D eigenvalue weighted by molar-refractivity contribution is -0.140. The Morgan fingerprint density at radius 2 is 1.64 bits per heavy atom. The van der Waals surface area contributed by atoms with Crippen LogP contribution < -0.4 is 14.4 Å². The Morgan fingerprint density at radius 1 is 0.976 bits per heavy atom. The van der Waals surface area contributed by atoms with Gasteiger partial charge in [0.15, 0.2) is 0 Å². The summed E-state index contributed by atoms with van der Waals surface area (Å²) in [4.78, 5) is 29.2. The van der Waals surface area contributed by atoms with Crippen molar-refractivity contribution in [1.82, 2.24) is 10.2 Å². The molecule has 0 aliphatic rings. The van der Waals surface area contributed by atoms with Crippen molar-refractivity contribution in [2.24, 2.45) is 5.92 Å². The van der Waals surface area contributed by atoms with Gasteiger partial charge in [-0.25, -0.2) is 8.42 Å².